The molecule has 126 valence electrons. The van der Waals surface area contributed by atoms with Gasteiger partial charge in [0.05, 0.1) is 16.3 Å². The molecule has 0 spiro atoms. The summed E-state index contributed by atoms with van der Waals surface area (Å²) in [5.41, 5.74) is 1.03. The van der Waals surface area contributed by atoms with Crippen molar-refractivity contribution >= 4 is 27.4 Å². The van der Waals surface area contributed by atoms with Gasteiger partial charge in [-0.3, -0.25) is 4.90 Å². The lowest BCUT2D eigenvalue weighted by Crippen LogP contribution is -2.47. The standard InChI is InChI=1S/C16H20N6OS/c1-3-13-19-16(23-20-13)11(2)21-5-7-22(8-6-21)15-14-12(4-9-24-14)17-10-18-15/h4,9-11H,3,5-8H2,1-2H3. The molecule has 0 amide bonds. The highest BCUT2D eigenvalue weighted by Crippen LogP contribution is 2.29. The molecule has 4 rings (SSSR count). The van der Waals surface area contributed by atoms with Crippen molar-refractivity contribution in [3.05, 3.63) is 29.5 Å². The molecule has 8 heteroatoms. The number of fused-ring (bicyclic) bond motifs is 1. The van der Waals surface area contributed by atoms with Gasteiger partial charge < -0.3 is 9.42 Å². The summed E-state index contributed by atoms with van der Waals surface area (Å²) >= 11 is 1.70. The molecule has 0 bridgehead atoms. The smallest absolute Gasteiger partial charge is 0.243 e. The molecule has 4 heterocycles. The number of anilines is 1. The fourth-order valence-electron chi connectivity index (χ4n) is 3.06. The molecular formula is C16H20N6OS. The first kappa shape index (κ1) is 15.5. The molecular weight excluding hydrogens is 324 g/mol. The summed E-state index contributed by atoms with van der Waals surface area (Å²) in [5, 5.41) is 6.07. The van der Waals surface area contributed by atoms with Crippen LogP contribution in [-0.2, 0) is 6.42 Å². The molecule has 1 atom stereocenters. The Hall–Kier alpha value is -2.06. The summed E-state index contributed by atoms with van der Waals surface area (Å²) in [7, 11) is 0. The van der Waals surface area contributed by atoms with Crippen LogP contribution >= 0.6 is 11.3 Å². The van der Waals surface area contributed by atoms with Gasteiger partial charge in [-0.05, 0) is 18.4 Å². The summed E-state index contributed by atoms with van der Waals surface area (Å²) in [5.74, 6) is 2.54. The van der Waals surface area contributed by atoms with Crippen LogP contribution < -0.4 is 4.90 Å². The number of hydrogen-bond acceptors (Lipinski definition) is 8. The third-order valence-electron chi connectivity index (χ3n) is 4.54. The Labute approximate surface area is 144 Å². The molecule has 1 aliphatic rings. The van der Waals surface area contributed by atoms with Crippen molar-refractivity contribution in [3.8, 4) is 0 Å². The lowest BCUT2D eigenvalue weighted by molar-refractivity contribution is 0.164. The van der Waals surface area contributed by atoms with E-state index >= 15 is 0 Å². The number of nitrogens with zero attached hydrogens (tertiary/aromatic N) is 6. The zero-order valence-electron chi connectivity index (χ0n) is 13.8. The Morgan fingerprint density at radius 3 is 2.83 bits per heavy atom. The molecule has 1 saturated heterocycles. The van der Waals surface area contributed by atoms with E-state index < -0.39 is 0 Å². The zero-order chi connectivity index (χ0) is 16.5. The third-order valence-corrected chi connectivity index (χ3v) is 5.44. The van der Waals surface area contributed by atoms with Crippen LogP contribution in [-0.4, -0.2) is 51.2 Å². The monoisotopic (exact) mass is 344 g/mol. The Balaban J connectivity index is 1.45. The van der Waals surface area contributed by atoms with Gasteiger partial charge in [0.2, 0.25) is 5.89 Å². The second-order valence-electron chi connectivity index (χ2n) is 5.93. The highest BCUT2D eigenvalue weighted by Gasteiger charge is 2.27. The minimum absolute atomic E-state index is 0.145. The van der Waals surface area contributed by atoms with Gasteiger partial charge in [-0.1, -0.05) is 12.1 Å². The van der Waals surface area contributed by atoms with Crippen molar-refractivity contribution in [2.75, 3.05) is 31.1 Å². The van der Waals surface area contributed by atoms with Gasteiger partial charge in [0.1, 0.15) is 12.1 Å². The van der Waals surface area contributed by atoms with Crippen molar-refractivity contribution in [2.45, 2.75) is 26.3 Å². The highest BCUT2D eigenvalue weighted by atomic mass is 32.1. The molecule has 0 radical (unpaired) electrons. The molecule has 0 aromatic carbocycles. The number of aryl methyl sites for hydroxylation is 1. The van der Waals surface area contributed by atoms with E-state index in [0.717, 1.165) is 49.8 Å². The average molecular weight is 344 g/mol. The van der Waals surface area contributed by atoms with E-state index in [0.29, 0.717) is 5.89 Å². The number of hydrogen-bond donors (Lipinski definition) is 0. The van der Waals surface area contributed by atoms with E-state index in [2.05, 4.69) is 42.2 Å². The van der Waals surface area contributed by atoms with E-state index in [1.54, 1.807) is 17.7 Å². The van der Waals surface area contributed by atoms with Gasteiger partial charge in [0.25, 0.3) is 0 Å². The molecule has 1 unspecified atom stereocenters. The summed E-state index contributed by atoms with van der Waals surface area (Å²) in [4.78, 5) is 18.0. The predicted molar refractivity (Wildman–Crippen MR) is 93.3 cm³/mol. The quantitative estimate of drug-likeness (QED) is 0.720. The number of rotatable bonds is 4. The number of thiophene rings is 1. The van der Waals surface area contributed by atoms with Crippen LogP contribution in [0.4, 0.5) is 5.82 Å². The molecule has 0 aliphatic carbocycles. The maximum Gasteiger partial charge on any atom is 0.243 e. The summed E-state index contributed by atoms with van der Waals surface area (Å²) in [6.45, 7) is 7.92. The van der Waals surface area contributed by atoms with Crippen LogP contribution in [0.2, 0.25) is 0 Å². The minimum Gasteiger partial charge on any atom is -0.353 e. The van der Waals surface area contributed by atoms with Gasteiger partial charge in [0.15, 0.2) is 5.82 Å². The minimum atomic E-state index is 0.145. The van der Waals surface area contributed by atoms with Crippen molar-refractivity contribution in [1.29, 1.82) is 0 Å². The zero-order valence-corrected chi connectivity index (χ0v) is 14.7. The van der Waals surface area contributed by atoms with Gasteiger partial charge in [-0.2, -0.15) is 4.98 Å². The second kappa shape index (κ2) is 6.45. The summed E-state index contributed by atoms with van der Waals surface area (Å²) in [6, 6.07) is 2.19. The van der Waals surface area contributed by atoms with Crippen molar-refractivity contribution < 1.29 is 4.52 Å². The molecule has 0 saturated carbocycles. The van der Waals surface area contributed by atoms with E-state index in [9.17, 15) is 0 Å². The summed E-state index contributed by atoms with van der Waals surface area (Å²) < 4.78 is 6.56. The van der Waals surface area contributed by atoms with Crippen LogP contribution in [0.1, 0.15) is 31.6 Å². The molecule has 1 fully saturated rings. The van der Waals surface area contributed by atoms with Gasteiger partial charge in [-0.15, -0.1) is 11.3 Å². The highest BCUT2D eigenvalue weighted by molar-refractivity contribution is 7.17. The maximum absolute atomic E-state index is 5.39. The third kappa shape index (κ3) is 2.76. The Morgan fingerprint density at radius 2 is 2.08 bits per heavy atom. The van der Waals surface area contributed by atoms with E-state index in [1.807, 2.05) is 13.0 Å². The summed E-state index contributed by atoms with van der Waals surface area (Å²) in [6.07, 6.45) is 2.46. The van der Waals surface area contributed by atoms with Gasteiger partial charge in [0, 0.05) is 32.6 Å². The first-order valence-electron chi connectivity index (χ1n) is 8.26. The van der Waals surface area contributed by atoms with E-state index in [1.165, 1.54) is 4.70 Å². The van der Waals surface area contributed by atoms with Crippen LogP contribution in [0.15, 0.2) is 22.3 Å². The van der Waals surface area contributed by atoms with Crippen LogP contribution in [0, 0.1) is 0 Å². The molecule has 1 aliphatic heterocycles. The lowest BCUT2D eigenvalue weighted by Gasteiger charge is -2.37. The van der Waals surface area contributed by atoms with Crippen molar-refractivity contribution in [2.24, 2.45) is 0 Å². The fourth-order valence-corrected chi connectivity index (χ4v) is 3.92. The molecule has 3 aromatic heterocycles. The number of piperazine rings is 1. The average Bonchev–Trinajstić information content (AvgIpc) is 3.30. The fraction of sp³-hybridized carbons (Fsp3) is 0.500. The molecule has 3 aromatic rings. The first-order chi connectivity index (χ1) is 11.8. The Kier molecular flexibility index (Phi) is 4.15. The molecule has 0 N–H and O–H groups in total. The SMILES string of the molecule is CCc1noc(C(C)N2CCN(c3ncnc4ccsc34)CC2)n1. The topological polar surface area (TPSA) is 71.2 Å². The molecule has 24 heavy (non-hydrogen) atoms. The Bertz CT molecular complexity index is 823. The number of aromatic nitrogens is 4. The van der Waals surface area contributed by atoms with E-state index in [4.69, 9.17) is 4.52 Å². The van der Waals surface area contributed by atoms with Crippen molar-refractivity contribution in [1.82, 2.24) is 25.0 Å². The molecule has 7 nitrogen and oxygen atoms in total. The predicted octanol–water partition coefficient (Wildman–Crippen LogP) is 2.52. The lowest BCUT2D eigenvalue weighted by atomic mass is 10.2. The van der Waals surface area contributed by atoms with Gasteiger partial charge >= 0.3 is 0 Å². The second-order valence-corrected chi connectivity index (χ2v) is 6.85. The van der Waals surface area contributed by atoms with E-state index in [-0.39, 0.29) is 6.04 Å². The van der Waals surface area contributed by atoms with Crippen LogP contribution in [0.25, 0.3) is 10.2 Å². The largest absolute Gasteiger partial charge is 0.353 e. The normalized spacial score (nSPS) is 17.5. The van der Waals surface area contributed by atoms with Gasteiger partial charge in [-0.25, -0.2) is 9.97 Å². The van der Waals surface area contributed by atoms with Crippen LogP contribution in [0.5, 0.6) is 0 Å². The van der Waals surface area contributed by atoms with Crippen LogP contribution in [0.3, 0.4) is 0 Å². The maximum atomic E-state index is 5.39. The Morgan fingerprint density at radius 1 is 1.25 bits per heavy atom. The first-order valence-corrected chi connectivity index (χ1v) is 9.14. The van der Waals surface area contributed by atoms with Crippen molar-refractivity contribution in [3.63, 3.8) is 0 Å².